The van der Waals surface area contributed by atoms with Crippen molar-refractivity contribution < 1.29 is 24.5 Å². The van der Waals surface area contributed by atoms with E-state index in [1.165, 1.54) is 18.2 Å². The van der Waals surface area contributed by atoms with Gasteiger partial charge in [-0.15, -0.1) is 0 Å². The standard InChI is InChI=1S/C20H22N2O5/c1-2-27-18-5-3-14(4-6-18)19(25)21-7-9-22(10-8-21)20(26)15-11-16(23)13-17(24)12-15/h3-6,11-13,23-24H,2,7-10H2,1H3. The van der Waals surface area contributed by atoms with Crippen molar-refractivity contribution in [1.82, 2.24) is 9.80 Å². The molecular weight excluding hydrogens is 348 g/mol. The normalized spacial score (nSPS) is 14.1. The van der Waals surface area contributed by atoms with Crippen molar-refractivity contribution in [3.05, 3.63) is 53.6 Å². The van der Waals surface area contributed by atoms with E-state index in [0.29, 0.717) is 38.3 Å². The lowest BCUT2D eigenvalue weighted by molar-refractivity contribution is 0.0535. The van der Waals surface area contributed by atoms with Crippen LogP contribution in [0.1, 0.15) is 27.6 Å². The molecule has 1 aliphatic rings. The molecule has 1 heterocycles. The molecule has 2 aromatic carbocycles. The van der Waals surface area contributed by atoms with E-state index in [9.17, 15) is 19.8 Å². The fourth-order valence-electron chi connectivity index (χ4n) is 3.06. The smallest absolute Gasteiger partial charge is 0.254 e. The fourth-order valence-corrected chi connectivity index (χ4v) is 3.06. The van der Waals surface area contributed by atoms with Gasteiger partial charge in [-0.05, 0) is 43.3 Å². The van der Waals surface area contributed by atoms with Gasteiger partial charge in [0.05, 0.1) is 6.61 Å². The lowest BCUT2D eigenvalue weighted by atomic mass is 10.1. The molecule has 0 atom stereocenters. The van der Waals surface area contributed by atoms with Crippen LogP contribution in [-0.4, -0.2) is 64.6 Å². The van der Waals surface area contributed by atoms with E-state index >= 15 is 0 Å². The summed E-state index contributed by atoms with van der Waals surface area (Å²) in [6.07, 6.45) is 0. The van der Waals surface area contributed by atoms with Crippen molar-refractivity contribution in [2.24, 2.45) is 0 Å². The SMILES string of the molecule is CCOc1ccc(C(=O)N2CCN(C(=O)c3cc(O)cc(O)c3)CC2)cc1. The Kier molecular flexibility index (Phi) is 5.49. The molecule has 0 radical (unpaired) electrons. The Labute approximate surface area is 157 Å². The van der Waals surface area contributed by atoms with Crippen LogP contribution in [-0.2, 0) is 0 Å². The summed E-state index contributed by atoms with van der Waals surface area (Å²) in [4.78, 5) is 28.5. The van der Waals surface area contributed by atoms with Crippen LogP contribution in [0.15, 0.2) is 42.5 Å². The third-order valence-electron chi connectivity index (χ3n) is 4.42. The van der Waals surface area contributed by atoms with E-state index < -0.39 is 0 Å². The second-order valence-electron chi connectivity index (χ2n) is 6.28. The Hall–Kier alpha value is -3.22. The van der Waals surface area contributed by atoms with Crippen LogP contribution >= 0.6 is 0 Å². The number of carbonyl (C=O) groups excluding carboxylic acids is 2. The van der Waals surface area contributed by atoms with Crippen molar-refractivity contribution >= 4 is 11.8 Å². The van der Waals surface area contributed by atoms with Gasteiger partial charge < -0.3 is 24.7 Å². The van der Waals surface area contributed by atoms with Crippen LogP contribution < -0.4 is 4.74 Å². The van der Waals surface area contributed by atoms with Crippen molar-refractivity contribution in [3.63, 3.8) is 0 Å². The van der Waals surface area contributed by atoms with Gasteiger partial charge in [0.15, 0.2) is 0 Å². The maximum atomic E-state index is 12.6. The molecule has 7 nitrogen and oxygen atoms in total. The summed E-state index contributed by atoms with van der Waals surface area (Å²) in [5.41, 5.74) is 0.801. The topological polar surface area (TPSA) is 90.3 Å². The molecule has 0 unspecified atom stereocenters. The van der Waals surface area contributed by atoms with Crippen molar-refractivity contribution in [3.8, 4) is 17.2 Å². The Bertz CT molecular complexity index is 807. The van der Waals surface area contributed by atoms with Crippen molar-refractivity contribution in [2.75, 3.05) is 32.8 Å². The first-order valence-corrected chi connectivity index (χ1v) is 8.82. The largest absolute Gasteiger partial charge is 0.508 e. The van der Waals surface area contributed by atoms with E-state index in [1.54, 1.807) is 34.1 Å². The second-order valence-corrected chi connectivity index (χ2v) is 6.28. The molecule has 1 saturated heterocycles. The number of hydrogen-bond donors (Lipinski definition) is 2. The zero-order chi connectivity index (χ0) is 19.4. The Morgan fingerprint density at radius 1 is 0.852 bits per heavy atom. The molecule has 0 spiro atoms. The molecular formula is C20H22N2O5. The van der Waals surface area contributed by atoms with Gasteiger partial charge in [-0.2, -0.15) is 0 Å². The number of nitrogens with zero attached hydrogens (tertiary/aromatic N) is 2. The number of piperazine rings is 1. The lowest BCUT2D eigenvalue weighted by Crippen LogP contribution is -2.50. The highest BCUT2D eigenvalue weighted by Crippen LogP contribution is 2.22. The van der Waals surface area contributed by atoms with Gasteiger partial charge in [-0.25, -0.2) is 0 Å². The molecule has 0 saturated carbocycles. The van der Waals surface area contributed by atoms with Crippen LogP contribution in [0.4, 0.5) is 0 Å². The van der Waals surface area contributed by atoms with Gasteiger partial charge in [-0.1, -0.05) is 0 Å². The van der Waals surface area contributed by atoms with Gasteiger partial charge in [0.25, 0.3) is 11.8 Å². The van der Waals surface area contributed by atoms with Crippen LogP contribution in [0, 0.1) is 0 Å². The molecule has 3 rings (SSSR count). The number of hydrogen-bond acceptors (Lipinski definition) is 5. The number of benzene rings is 2. The quantitative estimate of drug-likeness (QED) is 0.860. The third kappa shape index (κ3) is 4.31. The molecule has 2 aromatic rings. The minimum absolute atomic E-state index is 0.0832. The number of carbonyl (C=O) groups is 2. The molecule has 2 amide bonds. The number of ether oxygens (including phenoxy) is 1. The van der Waals surface area contributed by atoms with E-state index in [2.05, 4.69) is 0 Å². The van der Waals surface area contributed by atoms with Gasteiger partial charge in [0.1, 0.15) is 17.2 Å². The average molecular weight is 370 g/mol. The van der Waals surface area contributed by atoms with Crippen LogP contribution in [0.25, 0.3) is 0 Å². The monoisotopic (exact) mass is 370 g/mol. The Morgan fingerprint density at radius 2 is 1.33 bits per heavy atom. The first kappa shape index (κ1) is 18.6. The highest BCUT2D eigenvalue weighted by Gasteiger charge is 2.26. The summed E-state index contributed by atoms with van der Waals surface area (Å²) in [5.74, 6) is 0.0265. The molecule has 0 aromatic heterocycles. The first-order chi connectivity index (χ1) is 13.0. The number of amides is 2. The molecule has 1 fully saturated rings. The maximum absolute atomic E-state index is 12.6. The average Bonchev–Trinajstić information content (AvgIpc) is 2.67. The fraction of sp³-hybridized carbons (Fsp3) is 0.300. The number of rotatable bonds is 4. The van der Waals surface area contributed by atoms with Gasteiger partial charge in [0.2, 0.25) is 0 Å². The van der Waals surface area contributed by atoms with E-state index in [1.807, 2.05) is 6.92 Å². The van der Waals surface area contributed by atoms with Crippen molar-refractivity contribution in [1.29, 1.82) is 0 Å². The van der Waals surface area contributed by atoms with Gasteiger partial charge in [-0.3, -0.25) is 9.59 Å². The summed E-state index contributed by atoms with van der Waals surface area (Å²) in [5, 5.41) is 19.1. The minimum Gasteiger partial charge on any atom is -0.508 e. The maximum Gasteiger partial charge on any atom is 0.254 e. The Morgan fingerprint density at radius 3 is 1.81 bits per heavy atom. The van der Waals surface area contributed by atoms with E-state index in [4.69, 9.17) is 4.74 Å². The number of phenols is 2. The van der Waals surface area contributed by atoms with Gasteiger partial charge in [0, 0.05) is 43.4 Å². The highest BCUT2D eigenvalue weighted by molar-refractivity contribution is 5.96. The molecule has 0 bridgehead atoms. The van der Waals surface area contributed by atoms with Gasteiger partial charge >= 0.3 is 0 Å². The number of aromatic hydroxyl groups is 2. The summed E-state index contributed by atoms with van der Waals surface area (Å²) < 4.78 is 5.38. The van der Waals surface area contributed by atoms with Crippen LogP contribution in [0.5, 0.6) is 17.2 Å². The van der Waals surface area contributed by atoms with E-state index in [0.717, 1.165) is 5.75 Å². The number of phenolic OH excluding ortho intramolecular Hbond substituents is 2. The molecule has 0 aliphatic carbocycles. The summed E-state index contributed by atoms with van der Waals surface area (Å²) in [7, 11) is 0. The Balaban J connectivity index is 1.61. The molecule has 142 valence electrons. The predicted octanol–water partition coefficient (Wildman–Crippen LogP) is 2.09. The molecule has 2 N–H and O–H groups in total. The molecule has 27 heavy (non-hydrogen) atoms. The zero-order valence-corrected chi connectivity index (χ0v) is 15.1. The third-order valence-corrected chi connectivity index (χ3v) is 4.42. The molecule has 1 aliphatic heterocycles. The van der Waals surface area contributed by atoms with Crippen LogP contribution in [0.3, 0.4) is 0 Å². The van der Waals surface area contributed by atoms with Crippen LogP contribution in [0.2, 0.25) is 0 Å². The first-order valence-electron chi connectivity index (χ1n) is 8.82. The highest BCUT2D eigenvalue weighted by atomic mass is 16.5. The summed E-state index contributed by atoms with van der Waals surface area (Å²) >= 11 is 0. The second kappa shape index (κ2) is 7.99. The lowest BCUT2D eigenvalue weighted by Gasteiger charge is -2.35. The predicted molar refractivity (Wildman–Crippen MR) is 99.2 cm³/mol. The van der Waals surface area contributed by atoms with E-state index in [-0.39, 0.29) is 28.9 Å². The summed E-state index contributed by atoms with van der Waals surface area (Å²) in [6, 6.07) is 10.8. The molecule has 7 heteroatoms. The van der Waals surface area contributed by atoms with Crippen molar-refractivity contribution in [2.45, 2.75) is 6.92 Å². The zero-order valence-electron chi connectivity index (χ0n) is 15.1. The summed E-state index contributed by atoms with van der Waals surface area (Å²) in [6.45, 7) is 4.08. The minimum atomic E-state index is -0.283.